The van der Waals surface area contributed by atoms with Crippen LogP contribution >= 0.6 is 0 Å². The number of ether oxygens (including phenoxy) is 1. The first-order valence-electron chi connectivity index (χ1n) is 8.25. The number of esters is 1. The molecule has 4 heteroatoms. The lowest BCUT2D eigenvalue weighted by Gasteiger charge is -2.13. The molecule has 0 atom stereocenters. The van der Waals surface area contributed by atoms with Gasteiger partial charge in [0.25, 0.3) is 0 Å². The Balaban J connectivity index is 1.87. The van der Waals surface area contributed by atoms with E-state index in [1.165, 1.54) is 0 Å². The number of hydrogen-bond acceptors (Lipinski definition) is 4. The molecular formula is C21H19NO3. The summed E-state index contributed by atoms with van der Waals surface area (Å²) in [6.45, 7) is 3.56. The molecule has 3 rings (SSSR count). The summed E-state index contributed by atoms with van der Waals surface area (Å²) in [5.41, 5.74) is 3.36. The summed E-state index contributed by atoms with van der Waals surface area (Å²) < 4.78 is 5.29. The fourth-order valence-electron chi connectivity index (χ4n) is 2.88. The highest BCUT2D eigenvalue weighted by Crippen LogP contribution is 2.24. The highest BCUT2D eigenvalue weighted by molar-refractivity contribution is 6.01. The highest BCUT2D eigenvalue weighted by atomic mass is 16.5. The van der Waals surface area contributed by atoms with Gasteiger partial charge in [0.2, 0.25) is 0 Å². The van der Waals surface area contributed by atoms with Crippen molar-refractivity contribution in [3.63, 3.8) is 0 Å². The Morgan fingerprint density at radius 2 is 1.68 bits per heavy atom. The second-order valence-corrected chi connectivity index (χ2v) is 5.79. The first-order chi connectivity index (χ1) is 12.1. The monoisotopic (exact) mass is 333 g/mol. The number of aryl methyl sites for hydroxylation is 2. The minimum atomic E-state index is -0.503. The van der Waals surface area contributed by atoms with Crippen LogP contribution < -0.4 is 0 Å². The number of benzene rings is 2. The molecule has 1 heterocycles. The van der Waals surface area contributed by atoms with E-state index in [0.717, 1.165) is 16.5 Å². The van der Waals surface area contributed by atoms with Gasteiger partial charge in [0.1, 0.15) is 0 Å². The zero-order valence-electron chi connectivity index (χ0n) is 14.3. The molecule has 25 heavy (non-hydrogen) atoms. The number of rotatable bonds is 5. The third-order valence-corrected chi connectivity index (χ3v) is 4.20. The summed E-state index contributed by atoms with van der Waals surface area (Å²) in [6.07, 6.45) is 0.614. The summed E-state index contributed by atoms with van der Waals surface area (Å²) in [7, 11) is 0. The summed E-state index contributed by atoms with van der Waals surface area (Å²) in [6, 6.07) is 16.5. The Bertz CT molecular complexity index is 933. The van der Waals surface area contributed by atoms with Gasteiger partial charge in [-0.25, -0.2) is 4.79 Å². The average molecular weight is 333 g/mol. The Hall–Kier alpha value is -3.01. The van der Waals surface area contributed by atoms with Crippen molar-refractivity contribution in [2.24, 2.45) is 0 Å². The van der Waals surface area contributed by atoms with Crippen LogP contribution in [0.2, 0.25) is 0 Å². The topological polar surface area (TPSA) is 56.3 Å². The molecule has 0 amide bonds. The first kappa shape index (κ1) is 16.8. The van der Waals surface area contributed by atoms with Crippen LogP contribution in [0.1, 0.15) is 38.9 Å². The Kier molecular flexibility index (Phi) is 4.89. The molecule has 3 aromatic rings. The third kappa shape index (κ3) is 3.43. The van der Waals surface area contributed by atoms with Gasteiger partial charge in [-0.3, -0.25) is 9.78 Å². The third-order valence-electron chi connectivity index (χ3n) is 4.20. The number of fused-ring (bicyclic) bond motifs is 1. The molecule has 2 aromatic carbocycles. The van der Waals surface area contributed by atoms with Crippen molar-refractivity contribution in [3.8, 4) is 0 Å². The molecular weight excluding hydrogens is 314 g/mol. The number of hydrogen-bond donors (Lipinski definition) is 0. The van der Waals surface area contributed by atoms with E-state index < -0.39 is 5.97 Å². The van der Waals surface area contributed by atoms with Crippen LogP contribution in [0.3, 0.4) is 0 Å². The van der Waals surface area contributed by atoms with Crippen LogP contribution in [-0.4, -0.2) is 23.3 Å². The number of nitrogens with zero attached hydrogens (tertiary/aromatic N) is 1. The lowest BCUT2D eigenvalue weighted by atomic mass is 10.0. The smallest absolute Gasteiger partial charge is 0.340 e. The quantitative estimate of drug-likeness (QED) is 0.520. The van der Waals surface area contributed by atoms with Crippen molar-refractivity contribution < 1.29 is 14.3 Å². The fourth-order valence-corrected chi connectivity index (χ4v) is 2.88. The van der Waals surface area contributed by atoms with Crippen LogP contribution in [0.5, 0.6) is 0 Å². The van der Waals surface area contributed by atoms with Crippen molar-refractivity contribution in [2.75, 3.05) is 6.61 Å². The summed E-state index contributed by atoms with van der Waals surface area (Å²) in [4.78, 5) is 29.3. The van der Waals surface area contributed by atoms with Crippen LogP contribution in [0.25, 0.3) is 10.9 Å². The number of para-hydroxylation sites is 1. The lowest BCUT2D eigenvalue weighted by Crippen LogP contribution is -2.17. The minimum absolute atomic E-state index is 0.224. The van der Waals surface area contributed by atoms with E-state index >= 15 is 0 Å². The predicted octanol–water partition coefficient (Wildman–Crippen LogP) is 4.15. The summed E-state index contributed by atoms with van der Waals surface area (Å²) in [5.74, 6) is -0.727. The van der Waals surface area contributed by atoms with Crippen LogP contribution in [0.15, 0.2) is 54.6 Å². The maximum Gasteiger partial charge on any atom is 0.340 e. The molecule has 0 unspecified atom stereocenters. The number of pyridine rings is 1. The number of aromatic nitrogens is 1. The summed E-state index contributed by atoms with van der Waals surface area (Å²) >= 11 is 0. The van der Waals surface area contributed by atoms with Gasteiger partial charge in [0, 0.05) is 10.9 Å². The average Bonchev–Trinajstić information content (AvgIpc) is 2.66. The molecule has 0 aliphatic rings. The molecule has 0 saturated heterocycles. The number of ketones is 1. The van der Waals surface area contributed by atoms with Crippen LogP contribution in [0.4, 0.5) is 0 Å². The Morgan fingerprint density at radius 1 is 1.00 bits per heavy atom. The maximum atomic E-state index is 12.6. The number of carbonyl (C=O) groups excluding carboxylic acids is 2. The van der Waals surface area contributed by atoms with Crippen LogP contribution in [0, 0.1) is 6.92 Å². The van der Waals surface area contributed by atoms with E-state index in [-0.39, 0.29) is 12.4 Å². The van der Waals surface area contributed by atoms with Crippen molar-refractivity contribution in [1.29, 1.82) is 0 Å². The zero-order valence-corrected chi connectivity index (χ0v) is 14.3. The normalized spacial score (nSPS) is 10.6. The minimum Gasteiger partial charge on any atom is -0.454 e. The molecule has 0 bridgehead atoms. The second-order valence-electron chi connectivity index (χ2n) is 5.79. The highest BCUT2D eigenvalue weighted by Gasteiger charge is 2.20. The molecule has 1 aromatic heterocycles. The predicted molar refractivity (Wildman–Crippen MR) is 96.9 cm³/mol. The van der Waals surface area contributed by atoms with Gasteiger partial charge in [-0.2, -0.15) is 0 Å². The largest absolute Gasteiger partial charge is 0.454 e. The van der Waals surface area contributed by atoms with Crippen molar-refractivity contribution in [1.82, 2.24) is 4.98 Å². The van der Waals surface area contributed by atoms with E-state index in [4.69, 9.17) is 4.74 Å². The van der Waals surface area contributed by atoms with Gasteiger partial charge in [0.15, 0.2) is 12.4 Å². The zero-order chi connectivity index (χ0) is 17.8. The molecule has 0 fully saturated rings. The SMILES string of the molecule is CCc1nc2ccccc2c(C)c1C(=O)OCC(=O)c1ccccc1. The van der Waals surface area contributed by atoms with E-state index in [1.807, 2.05) is 44.2 Å². The molecule has 0 aliphatic heterocycles. The van der Waals surface area contributed by atoms with Gasteiger partial charge in [0.05, 0.1) is 16.8 Å². The molecule has 0 spiro atoms. The van der Waals surface area contributed by atoms with Gasteiger partial charge < -0.3 is 4.74 Å². The molecule has 0 aliphatic carbocycles. The van der Waals surface area contributed by atoms with Crippen molar-refractivity contribution >= 4 is 22.7 Å². The maximum absolute atomic E-state index is 12.6. The van der Waals surface area contributed by atoms with E-state index in [2.05, 4.69) is 4.98 Å². The van der Waals surface area contributed by atoms with E-state index in [9.17, 15) is 9.59 Å². The first-order valence-corrected chi connectivity index (χ1v) is 8.25. The second kappa shape index (κ2) is 7.26. The number of Topliss-reactive ketones (excluding diaryl/α,β-unsaturated/α-hetero) is 1. The summed E-state index contributed by atoms with van der Waals surface area (Å²) in [5, 5.41) is 0.918. The van der Waals surface area contributed by atoms with Crippen LogP contribution in [-0.2, 0) is 11.2 Å². The van der Waals surface area contributed by atoms with E-state index in [1.54, 1.807) is 24.3 Å². The van der Waals surface area contributed by atoms with Gasteiger partial charge in [-0.15, -0.1) is 0 Å². The molecule has 0 saturated carbocycles. The van der Waals surface area contributed by atoms with Gasteiger partial charge >= 0.3 is 5.97 Å². The van der Waals surface area contributed by atoms with Crippen molar-refractivity contribution in [3.05, 3.63) is 77.0 Å². The fraction of sp³-hybridized carbons (Fsp3) is 0.190. The molecule has 0 radical (unpaired) electrons. The van der Waals surface area contributed by atoms with Crippen molar-refractivity contribution in [2.45, 2.75) is 20.3 Å². The Labute approximate surface area is 146 Å². The molecule has 0 N–H and O–H groups in total. The Morgan fingerprint density at radius 3 is 2.40 bits per heavy atom. The van der Waals surface area contributed by atoms with Gasteiger partial charge in [-0.05, 0) is 25.0 Å². The lowest BCUT2D eigenvalue weighted by molar-refractivity contribution is 0.0472. The van der Waals surface area contributed by atoms with E-state index in [0.29, 0.717) is 23.2 Å². The molecule has 126 valence electrons. The number of carbonyl (C=O) groups is 2. The standard InChI is InChI=1S/C21H19NO3/c1-3-17-20(14(2)16-11-7-8-12-18(16)22-17)21(24)25-13-19(23)15-9-5-4-6-10-15/h4-12H,3,13H2,1-2H3. The molecule has 4 nitrogen and oxygen atoms in total. The van der Waals surface area contributed by atoms with Gasteiger partial charge in [-0.1, -0.05) is 55.5 Å².